The molecule has 2 rings (SSSR count). The second-order valence-electron chi connectivity index (χ2n) is 7.00. The summed E-state index contributed by atoms with van der Waals surface area (Å²) in [6.07, 6.45) is 4.67. The molecule has 0 aliphatic rings. The number of alkyl halides is 2. The SMILES string of the molecule is C=CCc1cc(-c2cc(CC=C)c(O)c(CNCCCl)c2)cc(CNCCCl)c1O.Cl. The number of hydrogen-bond donors (Lipinski definition) is 4. The van der Waals surface area contributed by atoms with Crippen molar-refractivity contribution in [3.05, 3.63) is 71.8 Å². The Morgan fingerprint density at radius 2 is 1.06 bits per heavy atom. The van der Waals surface area contributed by atoms with Crippen molar-refractivity contribution in [3.63, 3.8) is 0 Å². The first-order valence-corrected chi connectivity index (χ1v) is 11.1. The fraction of sp³-hybridized carbons (Fsp3) is 0.333. The molecule has 2 aromatic carbocycles. The number of phenols is 2. The first-order chi connectivity index (χ1) is 14.5. The molecule has 0 spiro atoms. The maximum absolute atomic E-state index is 10.7. The molecule has 0 aliphatic carbocycles. The van der Waals surface area contributed by atoms with Crippen LogP contribution >= 0.6 is 35.6 Å². The van der Waals surface area contributed by atoms with Gasteiger partial charge in [-0.25, -0.2) is 0 Å². The summed E-state index contributed by atoms with van der Waals surface area (Å²) in [6.45, 7) is 9.94. The van der Waals surface area contributed by atoms with Gasteiger partial charge in [-0.15, -0.1) is 48.8 Å². The average Bonchev–Trinajstić information content (AvgIpc) is 2.73. The molecular formula is C24H31Cl3N2O2. The van der Waals surface area contributed by atoms with Crippen molar-refractivity contribution in [1.29, 1.82) is 0 Å². The predicted molar refractivity (Wildman–Crippen MR) is 135 cm³/mol. The molecule has 170 valence electrons. The molecule has 0 heterocycles. The Bertz CT molecular complexity index is 801. The van der Waals surface area contributed by atoms with Gasteiger partial charge < -0.3 is 20.8 Å². The van der Waals surface area contributed by atoms with E-state index < -0.39 is 0 Å². The van der Waals surface area contributed by atoms with Crippen molar-refractivity contribution < 1.29 is 10.2 Å². The molecule has 0 saturated heterocycles. The molecule has 0 unspecified atom stereocenters. The largest absolute Gasteiger partial charge is 0.507 e. The van der Waals surface area contributed by atoms with Gasteiger partial charge in [0.15, 0.2) is 0 Å². The van der Waals surface area contributed by atoms with Gasteiger partial charge in [0.05, 0.1) is 0 Å². The van der Waals surface area contributed by atoms with Crippen LogP contribution in [0.5, 0.6) is 11.5 Å². The molecule has 31 heavy (non-hydrogen) atoms. The zero-order valence-electron chi connectivity index (χ0n) is 17.6. The van der Waals surface area contributed by atoms with Gasteiger partial charge in [0.1, 0.15) is 11.5 Å². The molecule has 0 saturated carbocycles. The highest BCUT2D eigenvalue weighted by Gasteiger charge is 2.14. The molecule has 0 aromatic heterocycles. The van der Waals surface area contributed by atoms with Crippen molar-refractivity contribution in [2.45, 2.75) is 25.9 Å². The lowest BCUT2D eigenvalue weighted by atomic mass is 9.93. The van der Waals surface area contributed by atoms with Gasteiger partial charge in [-0.05, 0) is 59.4 Å². The molecule has 4 N–H and O–H groups in total. The van der Waals surface area contributed by atoms with Gasteiger partial charge in [0, 0.05) is 49.1 Å². The first kappa shape index (κ1) is 27.3. The molecule has 0 bridgehead atoms. The molecule has 4 nitrogen and oxygen atoms in total. The van der Waals surface area contributed by atoms with Gasteiger partial charge >= 0.3 is 0 Å². The van der Waals surface area contributed by atoms with E-state index in [0.29, 0.717) is 50.8 Å². The molecular weight excluding hydrogens is 455 g/mol. The second kappa shape index (κ2) is 14.4. The normalized spacial score (nSPS) is 10.5. The third-order valence-electron chi connectivity index (χ3n) is 4.77. The summed E-state index contributed by atoms with van der Waals surface area (Å²) in [5.41, 5.74) is 5.16. The van der Waals surface area contributed by atoms with E-state index in [0.717, 1.165) is 33.4 Å². The van der Waals surface area contributed by atoms with E-state index >= 15 is 0 Å². The number of aromatic hydroxyl groups is 2. The number of nitrogens with one attached hydrogen (secondary N) is 2. The quantitative estimate of drug-likeness (QED) is 0.177. The Kier molecular flexibility index (Phi) is 12.7. The smallest absolute Gasteiger partial charge is 0.123 e. The Labute approximate surface area is 201 Å². The summed E-state index contributed by atoms with van der Waals surface area (Å²) in [5, 5.41) is 27.8. The maximum atomic E-state index is 10.7. The van der Waals surface area contributed by atoms with Gasteiger partial charge in [0.25, 0.3) is 0 Å². The van der Waals surface area contributed by atoms with E-state index in [1.807, 2.05) is 24.3 Å². The highest BCUT2D eigenvalue weighted by Crippen LogP contribution is 2.35. The minimum absolute atomic E-state index is 0. The highest BCUT2D eigenvalue weighted by molar-refractivity contribution is 6.18. The van der Waals surface area contributed by atoms with Gasteiger partial charge in [0.2, 0.25) is 0 Å². The minimum atomic E-state index is 0. The second-order valence-corrected chi connectivity index (χ2v) is 7.76. The number of rotatable bonds is 13. The van der Waals surface area contributed by atoms with E-state index in [9.17, 15) is 10.2 Å². The Balaban J connectivity index is 0.00000480. The highest BCUT2D eigenvalue weighted by atomic mass is 35.5. The zero-order valence-corrected chi connectivity index (χ0v) is 19.9. The number of benzene rings is 2. The van der Waals surface area contributed by atoms with Crippen LogP contribution in [0.2, 0.25) is 0 Å². The Hall–Kier alpha value is -1.69. The fourth-order valence-electron chi connectivity index (χ4n) is 3.32. The molecule has 0 fully saturated rings. The molecule has 0 atom stereocenters. The van der Waals surface area contributed by atoms with Crippen molar-refractivity contribution in [3.8, 4) is 22.6 Å². The number of allylic oxidation sites excluding steroid dienone is 2. The number of hydrogen-bond acceptors (Lipinski definition) is 4. The Morgan fingerprint density at radius 1 is 0.710 bits per heavy atom. The van der Waals surface area contributed by atoms with Crippen LogP contribution in [0.3, 0.4) is 0 Å². The predicted octanol–water partition coefficient (Wildman–Crippen LogP) is 5.30. The topological polar surface area (TPSA) is 64.5 Å². The summed E-state index contributed by atoms with van der Waals surface area (Å²) >= 11 is 11.5. The van der Waals surface area contributed by atoms with Crippen LogP contribution in [0.25, 0.3) is 11.1 Å². The standard InChI is InChI=1S/C24H30Cl2N2O2.ClH/c1-3-5-17-11-19(13-21(23(17)29)15-27-9-7-25)20-12-18(6-4-2)24(30)22(14-20)16-28-10-8-26;/h3-4,11-14,27-30H,1-2,5-10,15-16H2;1H. The molecule has 0 radical (unpaired) electrons. The maximum Gasteiger partial charge on any atom is 0.123 e. The van der Waals surface area contributed by atoms with E-state index in [-0.39, 0.29) is 23.9 Å². The first-order valence-electron chi connectivity index (χ1n) is 10.0. The third kappa shape index (κ3) is 7.74. The van der Waals surface area contributed by atoms with E-state index in [1.54, 1.807) is 12.2 Å². The molecule has 0 amide bonds. The van der Waals surface area contributed by atoms with Crippen LogP contribution in [0.1, 0.15) is 22.3 Å². The third-order valence-corrected chi connectivity index (χ3v) is 5.15. The van der Waals surface area contributed by atoms with Crippen molar-refractivity contribution in [2.75, 3.05) is 24.8 Å². The summed E-state index contributed by atoms with van der Waals surface area (Å²) < 4.78 is 0. The van der Waals surface area contributed by atoms with Gasteiger partial charge in [-0.2, -0.15) is 0 Å². The van der Waals surface area contributed by atoms with E-state index in [1.165, 1.54) is 0 Å². The average molecular weight is 486 g/mol. The van der Waals surface area contributed by atoms with Gasteiger partial charge in [-0.3, -0.25) is 0 Å². The Morgan fingerprint density at radius 3 is 1.39 bits per heavy atom. The molecule has 2 aromatic rings. The summed E-state index contributed by atoms with van der Waals surface area (Å²) in [7, 11) is 0. The van der Waals surface area contributed by atoms with Crippen molar-refractivity contribution in [2.24, 2.45) is 0 Å². The van der Waals surface area contributed by atoms with Gasteiger partial charge in [-0.1, -0.05) is 12.2 Å². The summed E-state index contributed by atoms with van der Waals surface area (Å²) in [6, 6.07) is 7.90. The van der Waals surface area contributed by atoms with Crippen LogP contribution in [-0.2, 0) is 25.9 Å². The van der Waals surface area contributed by atoms with Crippen molar-refractivity contribution in [1.82, 2.24) is 10.6 Å². The number of phenolic OH excluding ortho intramolecular Hbond substituents is 2. The van der Waals surface area contributed by atoms with Crippen LogP contribution in [0.4, 0.5) is 0 Å². The summed E-state index contributed by atoms with van der Waals surface area (Å²) in [5.74, 6) is 1.55. The lowest BCUT2D eigenvalue weighted by molar-refractivity contribution is 0.459. The van der Waals surface area contributed by atoms with E-state index in [2.05, 4.69) is 23.8 Å². The van der Waals surface area contributed by atoms with Crippen LogP contribution in [0.15, 0.2) is 49.6 Å². The monoisotopic (exact) mass is 484 g/mol. The van der Waals surface area contributed by atoms with E-state index in [4.69, 9.17) is 23.2 Å². The van der Waals surface area contributed by atoms with Crippen LogP contribution in [-0.4, -0.2) is 35.1 Å². The van der Waals surface area contributed by atoms with Crippen LogP contribution < -0.4 is 10.6 Å². The zero-order chi connectivity index (χ0) is 21.9. The molecule has 7 heteroatoms. The number of halogens is 3. The lowest BCUT2D eigenvalue weighted by Crippen LogP contribution is -2.16. The summed E-state index contributed by atoms with van der Waals surface area (Å²) in [4.78, 5) is 0. The molecule has 0 aliphatic heterocycles. The fourth-order valence-corrected chi connectivity index (χ4v) is 3.59. The van der Waals surface area contributed by atoms with Crippen LogP contribution in [0, 0.1) is 0 Å². The lowest BCUT2D eigenvalue weighted by Gasteiger charge is -2.16. The minimum Gasteiger partial charge on any atom is -0.507 e. The van der Waals surface area contributed by atoms with Crippen molar-refractivity contribution >= 4 is 35.6 Å².